The first-order valence-electron chi connectivity index (χ1n) is 5.73. The van der Waals surface area contributed by atoms with Gasteiger partial charge in [0.2, 0.25) is 0 Å². The van der Waals surface area contributed by atoms with E-state index in [1.807, 2.05) is 20.8 Å². The molecule has 1 unspecified atom stereocenters. The third-order valence-electron chi connectivity index (χ3n) is 3.12. The second-order valence-corrected chi connectivity index (χ2v) is 11.6. The van der Waals surface area contributed by atoms with Gasteiger partial charge in [-0.25, -0.2) is 4.79 Å². The van der Waals surface area contributed by atoms with Crippen LogP contribution in [0.15, 0.2) is 11.0 Å². The maximum absolute atomic E-state index is 11.9. The smallest absolute Gasteiger partial charge is 0.334 e. The first-order chi connectivity index (χ1) is 7.05. The average molecular weight is 240 g/mol. The molecule has 1 saturated heterocycles. The Morgan fingerprint density at radius 3 is 2.19 bits per heavy atom. The molecule has 0 bridgehead atoms. The van der Waals surface area contributed by atoms with Gasteiger partial charge in [0.1, 0.15) is 11.4 Å². The van der Waals surface area contributed by atoms with Crippen molar-refractivity contribution in [2.75, 3.05) is 0 Å². The van der Waals surface area contributed by atoms with E-state index < -0.39 is 13.7 Å². The molecule has 0 amide bonds. The van der Waals surface area contributed by atoms with Gasteiger partial charge in [-0.05, 0) is 20.8 Å². The zero-order chi connectivity index (χ0) is 12.4. The number of fused-ring (bicyclic) bond motifs is 1. The Kier molecular flexibility index (Phi) is 2.13. The third kappa shape index (κ3) is 1.59. The zero-order valence-corrected chi connectivity index (χ0v) is 11.9. The Morgan fingerprint density at radius 1 is 1.12 bits per heavy atom. The number of carbonyl (C=O) groups is 1. The third-order valence-corrected chi connectivity index (χ3v) is 5.05. The lowest BCUT2D eigenvalue weighted by Crippen LogP contribution is -2.31. The summed E-state index contributed by atoms with van der Waals surface area (Å²) < 4.78 is 11.5. The van der Waals surface area contributed by atoms with Crippen molar-refractivity contribution in [3.05, 3.63) is 11.0 Å². The number of rotatable bonds is 1. The summed E-state index contributed by atoms with van der Waals surface area (Å²) in [7, 11) is -1.70. The van der Waals surface area contributed by atoms with Crippen LogP contribution in [0.2, 0.25) is 19.6 Å². The summed E-state index contributed by atoms with van der Waals surface area (Å²) in [4.78, 5) is 11.9. The maximum Gasteiger partial charge on any atom is 0.334 e. The molecule has 0 radical (unpaired) electrons. The van der Waals surface area contributed by atoms with Crippen LogP contribution in [-0.4, -0.2) is 25.2 Å². The molecular weight excluding hydrogens is 220 g/mol. The predicted octanol–water partition coefficient (Wildman–Crippen LogP) is 2.63. The summed E-state index contributed by atoms with van der Waals surface area (Å²) in [6, 6.07) is 0. The monoisotopic (exact) mass is 240 g/mol. The molecule has 4 heteroatoms. The first-order valence-corrected chi connectivity index (χ1v) is 9.23. The van der Waals surface area contributed by atoms with Gasteiger partial charge in [-0.15, -0.1) is 0 Å². The van der Waals surface area contributed by atoms with Crippen LogP contribution in [-0.2, 0) is 14.3 Å². The lowest BCUT2D eigenvalue weighted by atomic mass is 9.94. The topological polar surface area (TPSA) is 35.5 Å². The molecule has 0 aromatic carbocycles. The van der Waals surface area contributed by atoms with Crippen LogP contribution in [0.25, 0.3) is 0 Å². The quantitative estimate of drug-likeness (QED) is 0.522. The molecule has 3 nitrogen and oxygen atoms in total. The maximum atomic E-state index is 11.9. The standard InChI is InChI=1S/C12H20O3Si/c1-11(2)7-12(3)9(14-11)8(10(13)15-12)16(4,5)6/h7H2,1-6H3. The van der Waals surface area contributed by atoms with Gasteiger partial charge in [-0.3, -0.25) is 0 Å². The van der Waals surface area contributed by atoms with Crippen molar-refractivity contribution in [1.29, 1.82) is 0 Å². The summed E-state index contributed by atoms with van der Waals surface area (Å²) in [6.45, 7) is 12.5. The molecule has 0 N–H and O–H groups in total. The minimum atomic E-state index is -1.70. The van der Waals surface area contributed by atoms with E-state index in [9.17, 15) is 4.79 Å². The predicted molar refractivity (Wildman–Crippen MR) is 64.7 cm³/mol. The van der Waals surface area contributed by atoms with Crippen molar-refractivity contribution in [2.24, 2.45) is 0 Å². The normalized spacial score (nSPS) is 32.5. The Bertz CT molecular complexity index is 390. The van der Waals surface area contributed by atoms with E-state index in [2.05, 4.69) is 19.6 Å². The van der Waals surface area contributed by atoms with E-state index in [0.29, 0.717) is 0 Å². The molecule has 2 rings (SSSR count). The van der Waals surface area contributed by atoms with E-state index in [1.165, 1.54) is 0 Å². The fourth-order valence-corrected chi connectivity index (χ4v) is 4.37. The van der Waals surface area contributed by atoms with Gasteiger partial charge in [0.25, 0.3) is 0 Å². The second-order valence-electron chi connectivity index (χ2n) is 6.61. The highest BCUT2D eigenvalue weighted by molar-refractivity contribution is 6.87. The minimum Gasteiger partial charge on any atom is -0.488 e. The molecule has 0 aromatic rings. The van der Waals surface area contributed by atoms with Gasteiger partial charge in [-0.1, -0.05) is 19.6 Å². The molecule has 0 aromatic heterocycles. The molecule has 1 fully saturated rings. The van der Waals surface area contributed by atoms with Gasteiger partial charge < -0.3 is 9.47 Å². The van der Waals surface area contributed by atoms with Crippen LogP contribution in [0.1, 0.15) is 27.2 Å². The van der Waals surface area contributed by atoms with Gasteiger partial charge >= 0.3 is 5.97 Å². The van der Waals surface area contributed by atoms with Crippen LogP contribution >= 0.6 is 0 Å². The molecule has 2 aliphatic rings. The van der Waals surface area contributed by atoms with Crippen LogP contribution < -0.4 is 0 Å². The van der Waals surface area contributed by atoms with Crippen molar-refractivity contribution in [3.8, 4) is 0 Å². The highest BCUT2D eigenvalue weighted by Gasteiger charge is 2.57. The number of hydrogen-bond acceptors (Lipinski definition) is 3. The summed E-state index contributed by atoms with van der Waals surface area (Å²) in [6.07, 6.45) is 0.745. The highest BCUT2D eigenvalue weighted by Crippen LogP contribution is 2.49. The molecule has 2 heterocycles. The van der Waals surface area contributed by atoms with Crippen LogP contribution in [0, 0.1) is 0 Å². The number of esters is 1. The first kappa shape index (κ1) is 11.7. The molecule has 0 aliphatic carbocycles. The molecule has 1 atom stereocenters. The Balaban J connectivity index is 2.54. The highest BCUT2D eigenvalue weighted by atomic mass is 28.3. The Hall–Kier alpha value is -0.773. The Labute approximate surface area is 97.8 Å². The van der Waals surface area contributed by atoms with Gasteiger partial charge in [0.15, 0.2) is 5.60 Å². The largest absolute Gasteiger partial charge is 0.488 e. The van der Waals surface area contributed by atoms with Crippen LogP contribution in [0.5, 0.6) is 0 Å². The average Bonchev–Trinajstić information content (AvgIpc) is 2.28. The lowest BCUT2D eigenvalue weighted by Gasteiger charge is -2.21. The SMILES string of the molecule is CC1(C)CC2(C)OC(=O)C([Si](C)(C)C)=C2O1. The molecule has 16 heavy (non-hydrogen) atoms. The van der Waals surface area contributed by atoms with Crippen molar-refractivity contribution in [3.63, 3.8) is 0 Å². The van der Waals surface area contributed by atoms with Gasteiger partial charge in [0, 0.05) is 6.42 Å². The zero-order valence-electron chi connectivity index (χ0n) is 10.9. The summed E-state index contributed by atoms with van der Waals surface area (Å²) in [5.41, 5.74) is -0.744. The van der Waals surface area contributed by atoms with E-state index in [4.69, 9.17) is 9.47 Å². The van der Waals surface area contributed by atoms with Crippen molar-refractivity contribution in [2.45, 2.75) is 58.0 Å². The fraction of sp³-hybridized carbons (Fsp3) is 0.750. The summed E-state index contributed by atoms with van der Waals surface area (Å²) >= 11 is 0. The van der Waals surface area contributed by atoms with E-state index >= 15 is 0 Å². The Morgan fingerprint density at radius 2 is 1.69 bits per heavy atom. The molecule has 90 valence electrons. The van der Waals surface area contributed by atoms with Crippen molar-refractivity contribution >= 4 is 14.0 Å². The number of carbonyl (C=O) groups excluding carboxylic acids is 1. The van der Waals surface area contributed by atoms with Crippen molar-refractivity contribution in [1.82, 2.24) is 0 Å². The van der Waals surface area contributed by atoms with E-state index in [1.54, 1.807) is 0 Å². The van der Waals surface area contributed by atoms with Crippen LogP contribution in [0.4, 0.5) is 0 Å². The van der Waals surface area contributed by atoms with Crippen molar-refractivity contribution < 1.29 is 14.3 Å². The minimum absolute atomic E-state index is 0.160. The van der Waals surface area contributed by atoms with E-state index in [-0.39, 0.29) is 11.6 Å². The van der Waals surface area contributed by atoms with Crippen LogP contribution in [0.3, 0.4) is 0 Å². The number of hydrogen-bond donors (Lipinski definition) is 0. The van der Waals surface area contributed by atoms with Gasteiger partial charge in [0.05, 0.1) is 13.3 Å². The lowest BCUT2D eigenvalue weighted by molar-refractivity contribution is -0.145. The molecule has 0 saturated carbocycles. The molecular formula is C12H20O3Si. The number of ether oxygens (including phenoxy) is 2. The molecule has 0 spiro atoms. The molecule has 2 aliphatic heterocycles. The van der Waals surface area contributed by atoms with Gasteiger partial charge in [-0.2, -0.15) is 0 Å². The van der Waals surface area contributed by atoms with E-state index in [0.717, 1.165) is 17.4 Å². The summed E-state index contributed by atoms with van der Waals surface area (Å²) in [5.74, 6) is 0.647. The summed E-state index contributed by atoms with van der Waals surface area (Å²) in [5, 5.41) is 0.834. The second kappa shape index (κ2) is 2.91. The fourth-order valence-electron chi connectivity index (χ4n) is 2.71.